The lowest BCUT2D eigenvalue weighted by Gasteiger charge is -2.11. The number of benzene rings is 2. The summed E-state index contributed by atoms with van der Waals surface area (Å²) in [5, 5.41) is 13.3. The summed E-state index contributed by atoms with van der Waals surface area (Å²) in [5.41, 5.74) is 1.47. The Morgan fingerprint density at radius 3 is 2.48 bits per heavy atom. The Hall–Kier alpha value is -3.09. The quantitative estimate of drug-likeness (QED) is 0.584. The molecule has 25 heavy (non-hydrogen) atoms. The van der Waals surface area contributed by atoms with E-state index in [1.807, 2.05) is 25.1 Å². The van der Waals surface area contributed by atoms with Crippen LogP contribution in [0.3, 0.4) is 0 Å². The number of nitro benzene ring substituents is 1. The van der Waals surface area contributed by atoms with Crippen LogP contribution in [-0.2, 0) is 11.2 Å². The standard InChI is InChI=1S/C18H20N2O5/c1-3-25-16-10-4-13(12-17(16)24-2)5-11-18(21)19-14-6-8-15(9-7-14)20(22)23/h4,6-10,12H,3,5,11H2,1-2H3,(H,19,21). The van der Waals surface area contributed by atoms with Gasteiger partial charge in [0.1, 0.15) is 0 Å². The molecule has 0 saturated heterocycles. The molecule has 0 saturated carbocycles. The fraction of sp³-hybridized carbons (Fsp3) is 0.278. The van der Waals surface area contributed by atoms with Crippen molar-refractivity contribution in [1.29, 1.82) is 0 Å². The molecule has 1 N–H and O–H groups in total. The second kappa shape index (κ2) is 8.68. The van der Waals surface area contributed by atoms with Crippen LogP contribution in [0.2, 0.25) is 0 Å². The SMILES string of the molecule is CCOc1ccc(CCC(=O)Nc2ccc([N+](=O)[O-])cc2)cc1OC. The third-order valence-electron chi connectivity index (χ3n) is 3.53. The molecule has 2 rings (SSSR count). The van der Waals surface area contributed by atoms with Crippen molar-refractivity contribution in [1.82, 2.24) is 0 Å². The van der Waals surface area contributed by atoms with Gasteiger partial charge < -0.3 is 14.8 Å². The van der Waals surface area contributed by atoms with E-state index in [1.165, 1.54) is 24.3 Å². The third-order valence-corrected chi connectivity index (χ3v) is 3.53. The molecule has 0 aliphatic heterocycles. The van der Waals surface area contributed by atoms with Crippen molar-refractivity contribution in [2.24, 2.45) is 0 Å². The number of non-ortho nitro benzene ring substituents is 1. The highest BCUT2D eigenvalue weighted by atomic mass is 16.6. The lowest BCUT2D eigenvalue weighted by atomic mass is 10.1. The summed E-state index contributed by atoms with van der Waals surface area (Å²) in [4.78, 5) is 22.2. The van der Waals surface area contributed by atoms with Crippen LogP contribution < -0.4 is 14.8 Å². The minimum Gasteiger partial charge on any atom is -0.493 e. The van der Waals surface area contributed by atoms with Crippen LogP contribution in [0, 0.1) is 10.1 Å². The predicted octanol–water partition coefficient (Wildman–Crippen LogP) is 3.57. The maximum absolute atomic E-state index is 12.0. The van der Waals surface area contributed by atoms with E-state index in [4.69, 9.17) is 9.47 Å². The van der Waals surface area contributed by atoms with Crippen molar-refractivity contribution < 1.29 is 19.2 Å². The number of amides is 1. The van der Waals surface area contributed by atoms with E-state index in [1.54, 1.807) is 7.11 Å². The highest BCUT2D eigenvalue weighted by Gasteiger charge is 2.09. The van der Waals surface area contributed by atoms with Crippen LogP contribution in [0.1, 0.15) is 18.9 Å². The maximum Gasteiger partial charge on any atom is 0.269 e. The van der Waals surface area contributed by atoms with Crippen molar-refractivity contribution >= 4 is 17.3 Å². The first-order valence-electron chi connectivity index (χ1n) is 7.87. The predicted molar refractivity (Wildman–Crippen MR) is 94.2 cm³/mol. The van der Waals surface area contributed by atoms with Gasteiger partial charge in [-0.1, -0.05) is 6.07 Å². The van der Waals surface area contributed by atoms with Crippen LogP contribution >= 0.6 is 0 Å². The van der Waals surface area contributed by atoms with Gasteiger partial charge in [0.15, 0.2) is 11.5 Å². The topological polar surface area (TPSA) is 90.7 Å². The van der Waals surface area contributed by atoms with Crippen LogP contribution in [0.4, 0.5) is 11.4 Å². The largest absolute Gasteiger partial charge is 0.493 e. The highest BCUT2D eigenvalue weighted by molar-refractivity contribution is 5.90. The molecular formula is C18H20N2O5. The molecule has 0 bridgehead atoms. The molecule has 2 aromatic rings. The molecule has 7 heteroatoms. The van der Waals surface area contributed by atoms with E-state index in [0.717, 1.165) is 5.56 Å². The molecular weight excluding hydrogens is 324 g/mol. The van der Waals surface area contributed by atoms with E-state index in [2.05, 4.69) is 5.32 Å². The number of hydrogen-bond donors (Lipinski definition) is 1. The lowest BCUT2D eigenvalue weighted by molar-refractivity contribution is -0.384. The molecule has 7 nitrogen and oxygen atoms in total. The van der Waals surface area contributed by atoms with Crippen LogP contribution in [0.15, 0.2) is 42.5 Å². The summed E-state index contributed by atoms with van der Waals surface area (Å²) in [6, 6.07) is 11.3. The molecule has 0 radical (unpaired) electrons. The Morgan fingerprint density at radius 2 is 1.88 bits per heavy atom. The number of ether oxygens (including phenoxy) is 2. The number of anilines is 1. The van der Waals surface area contributed by atoms with Crippen LogP contribution in [0.5, 0.6) is 11.5 Å². The van der Waals surface area contributed by atoms with Gasteiger partial charge >= 0.3 is 0 Å². The van der Waals surface area contributed by atoms with Gasteiger partial charge in [0.2, 0.25) is 5.91 Å². The number of methoxy groups -OCH3 is 1. The monoisotopic (exact) mass is 344 g/mol. The van der Waals surface area contributed by atoms with Gasteiger partial charge in [-0.2, -0.15) is 0 Å². The van der Waals surface area contributed by atoms with E-state index < -0.39 is 4.92 Å². The molecule has 0 aromatic heterocycles. The molecule has 1 amide bonds. The van der Waals surface area contributed by atoms with Gasteiger partial charge in [0.25, 0.3) is 5.69 Å². The first-order valence-corrected chi connectivity index (χ1v) is 7.87. The Kier molecular flexibility index (Phi) is 6.33. The fourth-order valence-corrected chi connectivity index (χ4v) is 2.29. The molecule has 0 aliphatic rings. The highest BCUT2D eigenvalue weighted by Crippen LogP contribution is 2.28. The molecule has 0 spiro atoms. The molecule has 0 heterocycles. The Bertz CT molecular complexity index is 744. The van der Waals surface area contributed by atoms with Crippen molar-refractivity contribution in [2.45, 2.75) is 19.8 Å². The summed E-state index contributed by atoms with van der Waals surface area (Å²) in [5.74, 6) is 1.14. The van der Waals surface area contributed by atoms with Gasteiger partial charge in [-0.3, -0.25) is 14.9 Å². The summed E-state index contributed by atoms with van der Waals surface area (Å²) >= 11 is 0. The number of aryl methyl sites for hydroxylation is 1. The maximum atomic E-state index is 12.0. The zero-order valence-corrected chi connectivity index (χ0v) is 14.2. The van der Waals surface area contributed by atoms with Gasteiger partial charge in [0, 0.05) is 24.2 Å². The fourth-order valence-electron chi connectivity index (χ4n) is 2.29. The van der Waals surface area contributed by atoms with E-state index in [-0.39, 0.29) is 18.0 Å². The van der Waals surface area contributed by atoms with Gasteiger partial charge in [-0.05, 0) is 43.2 Å². The molecule has 0 fully saturated rings. The number of carbonyl (C=O) groups is 1. The number of carbonyl (C=O) groups excluding carboxylic acids is 1. The first kappa shape index (κ1) is 18.3. The average molecular weight is 344 g/mol. The van der Waals surface area contributed by atoms with Crippen LogP contribution in [0.25, 0.3) is 0 Å². The summed E-state index contributed by atoms with van der Waals surface area (Å²) in [6.07, 6.45) is 0.829. The first-order chi connectivity index (χ1) is 12.0. The molecule has 132 valence electrons. The lowest BCUT2D eigenvalue weighted by Crippen LogP contribution is -2.12. The van der Waals surface area contributed by atoms with Gasteiger partial charge in [0.05, 0.1) is 18.6 Å². The van der Waals surface area contributed by atoms with Crippen molar-refractivity contribution in [3.8, 4) is 11.5 Å². The molecule has 0 unspecified atom stereocenters. The van der Waals surface area contributed by atoms with Crippen LogP contribution in [-0.4, -0.2) is 24.5 Å². The zero-order valence-electron chi connectivity index (χ0n) is 14.2. The minimum absolute atomic E-state index is 0.0144. The van der Waals surface area contributed by atoms with Gasteiger partial charge in [-0.15, -0.1) is 0 Å². The zero-order chi connectivity index (χ0) is 18.2. The summed E-state index contributed by atoms with van der Waals surface area (Å²) in [6.45, 7) is 2.45. The summed E-state index contributed by atoms with van der Waals surface area (Å²) in [7, 11) is 1.57. The van der Waals surface area contributed by atoms with Crippen molar-refractivity contribution in [2.75, 3.05) is 19.0 Å². The minimum atomic E-state index is -0.481. The number of hydrogen-bond acceptors (Lipinski definition) is 5. The Balaban J connectivity index is 1.92. The second-order valence-electron chi connectivity index (χ2n) is 5.27. The van der Waals surface area contributed by atoms with Crippen molar-refractivity contribution in [3.63, 3.8) is 0 Å². The van der Waals surface area contributed by atoms with Gasteiger partial charge in [-0.25, -0.2) is 0 Å². The Morgan fingerprint density at radius 1 is 1.16 bits per heavy atom. The van der Waals surface area contributed by atoms with E-state index >= 15 is 0 Å². The number of nitrogens with zero attached hydrogens (tertiary/aromatic N) is 1. The summed E-state index contributed by atoms with van der Waals surface area (Å²) < 4.78 is 10.8. The molecule has 2 aromatic carbocycles. The van der Waals surface area contributed by atoms with Crippen molar-refractivity contribution in [3.05, 3.63) is 58.1 Å². The second-order valence-corrected chi connectivity index (χ2v) is 5.27. The molecule has 0 atom stereocenters. The Labute approximate surface area is 145 Å². The van der Waals surface area contributed by atoms with E-state index in [9.17, 15) is 14.9 Å². The third kappa shape index (κ3) is 5.20. The molecule has 0 aliphatic carbocycles. The average Bonchev–Trinajstić information content (AvgIpc) is 2.61. The number of rotatable bonds is 8. The number of nitro groups is 1. The smallest absolute Gasteiger partial charge is 0.269 e. The number of nitrogens with one attached hydrogen (secondary N) is 1. The van der Waals surface area contributed by atoms with E-state index in [0.29, 0.717) is 30.2 Å². The normalized spacial score (nSPS) is 10.2.